The first kappa shape index (κ1) is 22.5. The lowest BCUT2D eigenvalue weighted by Crippen LogP contribution is -2.51. The van der Waals surface area contributed by atoms with Crippen LogP contribution in [0.4, 0.5) is 18.3 Å². The molecular weight excluding hydrogens is 506 g/mol. The van der Waals surface area contributed by atoms with Crippen molar-refractivity contribution in [2.45, 2.75) is 12.7 Å². The van der Waals surface area contributed by atoms with Gasteiger partial charge in [-0.05, 0) is 17.7 Å². The Hall–Kier alpha value is -1.76. The van der Waals surface area contributed by atoms with Crippen molar-refractivity contribution in [1.82, 2.24) is 9.88 Å². The smallest absolute Gasteiger partial charge is 0.422 e. The highest BCUT2D eigenvalue weighted by Gasteiger charge is 2.28. The lowest BCUT2D eigenvalue weighted by atomic mass is 10.2. The Morgan fingerprint density at radius 3 is 2.43 bits per heavy atom. The zero-order valence-corrected chi connectivity index (χ0v) is 18.1. The van der Waals surface area contributed by atoms with E-state index in [0.717, 1.165) is 36.9 Å². The third-order valence-corrected chi connectivity index (χ3v) is 4.88. The maximum Gasteiger partial charge on any atom is 0.422 e. The number of aliphatic imine (C=N–C) groups is 1. The second-order valence-corrected chi connectivity index (χ2v) is 6.88. The molecular formula is C17H21F3IN5OS. The predicted molar refractivity (Wildman–Crippen MR) is 115 cm³/mol. The van der Waals surface area contributed by atoms with Gasteiger partial charge in [0.15, 0.2) is 17.7 Å². The van der Waals surface area contributed by atoms with Crippen molar-refractivity contribution in [3.05, 3.63) is 41.4 Å². The molecule has 2 heterocycles. The Morgan fingerprint density at radius 2 is 1.86 bits per heavy atom. The molecule has 1 saturated heterocycles. The predicted octanol–water partition coefficient (Wildman–Crippen LogP) is 3.34. The number of nitrogens with zero attached hydrogens (tertiary/aromatic N) is 4. The Balaban J connectivity index is 0.00000280. The summed E-state index contributed by atoms with van der Waals surface area (Å²) in [6.45, 7) is 2.24. The van der Waals surface area contributed by atoms with E-state index in [4.69, 9.17) is 5.73 Å². The zero-order valence-electron chi connectivity index (χ0n) is 14.9. The molecule has 154 valence electrons. The van der Waals surface area contributed by atoms with Crippen LogP contribution in [0.15, 0.2) is 40.8 Å². The number of rotatable bonds is 5. The Bertz CT molecular complexity index is 747. The first-order chi connectivity index (χ1) is 12.9. The van der Waals surface area contributed by atoms with Crippen molar-refractivity contribution < 1.29 is 17.9 Å². The van der Waals surface area contributed by atoms with Gasteiger partial charge in [0.25, 0.3) is 0 Å². The lowest BCUT2D eigenvalue weighted by molar-refractivity contribution is -0.153. The quantitative estimate of drug-likeness (QED) is 0.367. The van der Waals surface area contributed by atoms with Gasteiger partial charge in [-0.3, -0.25) is 0 Å². The summed E-state index contributed by atoms with van der Waals surface area (Å²) in [6, 6.07) is 6.37. The van der Waals surface area contributed by atoms with Crippen LogP contribution in [0.3, 0.4) is 0 Å². The summed E-state index contributed by atoms with van der Waals surface area (Å²) < 4.78 is 41.1. The number of alkyl halides is 3. The first-order valence-electron chi connectivity index (χ1n) is 8.38. The highest BCUT2D eigenvalue weighted by atomic mass is 127. The molecule has 0 atom stereocenters. The number of guanidine groups is 1. The minimum Gasteiger partial charge on any atom is -0.484 e. The molecule has 3 rings (SSSR count). The summed E-state index contributed by atoms with van der Waals surface area (Å²) in [5.41, 5.74) is 6.93. The van der Waals surface area contributed by atoms with Gasteiger partial charge in [-0.1, -0.05) is 12.1 Å². The van der Waals surface area contributed by atoms with Gasteiger partial charge in [0.05, 0.1) is 6.54 Å². The summed E-state index contributed by atoms with van der Waals surface area (Å²) in [7, 11) is 0. The number of aromatic nitrogens is 1. The second kappa shape index (κ2) is 10.1. The van der Waals surface area contributed by atoms with Crippen LogP contribution in [-0.2, 0) is 6.54 Å². The molecule has 0 saturated carbocycles. The van der Waals surface area contributed by atoms with Crippen molar-refractivity contribution in [2.75, 3.05) is 37.7 Å². The van der Waals surface area contributed by atoms with E-state index in [-0.39, 0.29) is 29.7 Å². The van der Waals surface area contributed by atoms with Crippen molar-refractivity contribution in [2.24, 2.45) is 10.7 Å². The van der Waals surface area contributed by atoms with Gasteiger partial charge in [-0.2, -0.15) is 13.2 Å². The van der Waals surface area contributed by atoms with E-state index in [9.17, 15) is 13.2 Å². The topological polar surface area (TPSA) is 67.0 Å². The van der Waals surface area contributed by atoms with Gasteiger partial charge >= 0.3 is 6.18 Å². The molecule has 0 bridgehead atoms. The maximum atomic E-state index is 12.1. The second-order valence-electron chi connectivity index (χ2n) is 6.01. The molecule has 6 nitrogen and oxygen atoms in total. The van der Waals surface area contributed by atoms with Crippen molar-refractivity contribution >= 4 is 46.4 Å². The molecule has 28 heavy (non-hydrogen) atoms. The summed E-state index contributed by atoms with van der Waals surface area (Å²) in [5, 5.41) is 2.97. The average Bonchev–Trinajstić information content (AvgIpc) is 3.19. The summed E-state index contributed by atoms with van der Waals surface area (Å²) >= 11 is 1.61. The highest BCUT2D eigenvalue weighted by molar-refractivity contribution is 14.0. The van der Waals surface area contributed by atoms with Crippen LogP contribution in [0.1, 0.15) is 5.56 Å². The third-order valence-electron chi connectivity index (χ3n) is 4.04. The standard InChI is InChI=1S/C17H20F3N5OS.HI/c18-17(19,20)12-26-14-3-1-13(2-4-14)11-23-15(21)24-6-8-25(9-7-24)16-22-5-10-27-16;/h1-5,10H,6-9,11-12H2,(H2,21,23);1H. The van der Waals surface area contributed by atoms with E-state index in [1.165, 1.54) is 12.1 Å². The number of thiazole rings is 1. The fourth-order valence-corrected chi connectivity index (χ4v) is 3.32. The molecule has 1 aliphatic rings. The van der Waals surface area contributed by atoms with Crippen LogP contribution < -0.4 is 15.4 Å². The van der Waals surface area contributed by atoms with Crippen molar-refractivity contribution in [3.8, 4) is 5.75 Å². The molecule has 0 amide bonds. The van der Waals surface area contributed by atoms with E-state index in [2.05, 4.69) is 19.6 Å². The van der Waals surface area contributed by atoms with Gasteiger partial charge in [0.2, 0.25) is 0 Å². The normalized spacial score (nSPS) is 15.3. The van der Waals surface area contributed by atoms with Gasteiger partial charge in [0.1, 0.15) is 5.75 Å². The van der Waals surface area contributed by atoms with E-state index in [1.807, 2.05) is 10.3 Å². The molecule has 0 spiro atoms. The van der Waals surface area contributed by atoms with Gasteiger partial charge in [-0.25, -0.2) is 9.98 Å². The molecule has 0 radical (unpaired) electrons. The SMILES string of the molecule is I.NC(=NCc1ccc(OCC(F)(F)F)cc1)N1CCN(c2nccs2)CC1. The van der Waals surface area contributed by atoms with Gasteiger partial charge < -0.3 is 20.3 Å². The summed E-state index contributed by atoms with van der Waals surface area (Å²) in [5.74, 6) is 0.637. The number of anilines is 1. The third kappa shape index (κ3) is 6.69. The fraction of sp³-hybridized carbons (Fsp3) is 0.412. The number of benzene rings is 1. The zero-order chi connectivity index (χ0) is 19.3. The highest BCUT2D eigenvalue weighted by Crippen LogP contribution is 2.20. The summed E-state index contributed by atoms with van der Waals surface area (Å²) in [4.78, 5) is 12.9. The van der Waals surface area contributed by atoms with Crippen LogP contribution in [0.2, 0.25) is 0 Å². The average molecular weight is 527 g/mol. The van der Waals surface area contributed by atoms with E-state index >= 15 is 0 Å². The molecule has 1 aromatic heterocycles. The maximum absolute atomic E-state index is 12.1. The molecule has 0 unspecified atom stereocenters. The van der Waals surface area contributed by atoms with Gasteiger partial charge in [-0.15, -0.1) is 35.3 Å². The monoisotopic (exact) mass is 527 g/mol. The van der Waals surface area contributed by atoms with Crippen LogP contribution in [0, 0.1) is 0 Å². The molecule has 2 aromatic rings. The van der Waals surface area contributed by atoms with Crippen LogP contribution in [0.25, 0.3) is 0 Å². The number of halogens is 4. The molecule has 0 aliphatic carbocycles. The van der Waals surface area contributed by atoms with E-state index < -0.39 is 12.8 Å². The summed E-state index contributed by atoms with van der Waals surface area (Å²) in [6.07, 6.45) is -2.55. The Kier molecular flexibility index (Phi) is 8.16. The number of ether oxygens (including phenoxy) is 1. The number of piperazine rings is 1. The first-order valence-corrected chi connectivity index (χ1v) is 9.26. The van der Waals surface area contributed by atoms with Crippen LogP contribution in [0.5, 0.6) is 5.75 Å². The number of nitrogens with two attached hydrogens (primary N) is 1. The number of hydrogen-bond acceptors (Lipinski definition) is 5. The molecule has 2 N–H and O–H groups in total. The molecule has 1 fully saturated rings. The minimum absolute atomic E-state index is 0. The molecule has 11 heteroatoms. The van der Waals surface area contributed by atoms with E-state index in [1.54, 1.807) is 29.7 Å². The van der Waals surface area contributed by atoms with Crippen LogP contribution in [-0.4, -0.2) is 54.8 Å². The van der Waals surface area contributed by atoms with Crippen LogP contribution >= 0.6 is 35.3 Å². The number of hydrogen-bond donors (Lipinski definition) is 1. The molecule has 1 aromatic carbocycles. The lowest BCUT2D eigenvalue weighted by Gasteiger charge is -2.35. The van der Waals surface area contributed by atoms with Crippen molar-refractivity contribution in [1.29, 1.82) is 0 Å². The minimum atomic E-state index is -4.35. The Morgan fingerprint density at radius 1 is 1.18 bits per heavy atom. The fourth-order valence-electron chi connectivity index (χ4n) is 2.63. The van der Waals surface area contributed by atoms with E-state index in [0.29, 0.717) is 12.5 Å². The van der Waals surface area contributed by atoms with Crippen molar-refractivity contribution in [3.63, 3.8) is 0 Å². The Labute approximate surface area is 182 Å². The van der Waals surface area contributed by atoms with Gasteiger partial charge in [0, 0.05) is 37.8 Å². The largest absolute Gasteiger partial charge is 0.484 e. The molecule has 1 aliphatic heterocycles.